The van der Waals surface area contributed by atoms with E-state index in [4.69, 9.17) is 0 Å². The summed E-state index contributed by atoms with van der Waals surface area (Å²) in [6, 6.07) is 14.2. The number of halogens is 2. The molecule has 0 aliphatic heterocycles. The average molecular weight is 501 g/mol. The molecule has 0 amide bonds. The number of rotatable bonds is 4. The Morgan fingerprint density at radius 3 is 2.43 bits per heavy atom. The molecule has 5 heteroatoms. The summed E-state index contributed by atoms with van der Waals surface area (Å²) >= 11 is 6.84. The van der Waals surface area contributed by atoms with E-state index < -0.39 is 0 Å². The Bertz CT molecular complexity index is 1090. The molecule has 0 unspecified atom stereocenters. The molecule has 2 aliphatic rings. The van der Waals surface area contributed by atoms with Gasteiger partial charge in [0.15, 0.2) is 6.29 Å². The van der Waals surface area contributed by atoms with Gasteiger partial charge in [0.25, 0.3) is 0 Å². The van der Waals surface area contributed by atoms with E-state index in [2.05, 4.69) is 48.6 Å². The SMILES string of the molecule is O=CC1=Cc2cc(Br)ccc2C1.O=Cc1cc2cc(Br)ccc2n1CC1CC1. The van der Waals surface area contributed by atoms with Crippen molar-refractivity contribution in [3.63, 3.8) is 0 Å². The van der Waals surface area contributed by atoms with Gasteiger partial charge in [-0.15, -0.1) is 0 Å². The van der Waals surface area contributed by atoms with Crippen LogP contribution in [-0.4, -0.2) is 17.1 Å². The second-order valence-corrected chi connectivity index (χ2v) is 9.13. The monoisotopic (exact) mass is 499 g/mol. The Kier molecular flexibility index (Phi) is 5.65. The number of nitrogens with zero attached hydrogens (tertiary/aromatic N) is 1. The van der Waals surface area contributed by atoms with Crippen LogP contribution in [0, 0.1) is 5.92 Å². The van der Waals surface area contributed by atoms with Gasteiger partial charge in [-0.3, -0.25) is 9.59 Å². The second-order valence-electron chi connectivity index (χ2n) is 7.30. The zero-order valence-corrected chi connectivity index (χ0v) is 18.4. The lowest BCUT2D eigenvalue weighted by molar-refractivity contribution is -0.104. The molecule has 28 heavy (non-hydrogen) atoms. The molecule has 1 aromatic heterocycles. The van der Waals surface area contributed by atoms with Crippen molar-refractivity contribution in [3.8, 4) is 0 Å². The topological polar surface area (TPSA) is 39.1 Å². The summed E-state index contributed by atoms with van der Waals surface area (Å²) in [5, 5.41) is 1.14. The minimum Gasteiger partial charge on any atom is -0.338 e. The number of hydrogen-bond donors (Lipinski definition) is 0. The molecule has 1 heterocycles. The van der Waals surface area contributed by atoms with E-state index in [0.717, 1.165) is 68.1 Å². The van der Waals surface area contributed by atoms with Crippen LogP contribution in [0.5, 0.6) is 0 Å². The van der Waals surface area contributed by atoms with Crippen LogP contribution in [-0.2, 0) is 17.8 Å². The van der Waals surface area contributed by atoms with Crippen molar-refractivity contribution in [1.82, 2.24) is 4.57 Å². The maximum Gasteiger partial charge on any atom is 0.166 e. The highest BCUT2D eigenvalue weighted by atomic mass is 79.9. The molecule has 0 radical (unpaired) electrons. The van der Waals surface area contributed by atoms with E-state index in [1.165, 1.54) is 18.4 Å². The number of carbonyl (C=O) groups is 2. The molecular formula is C23H19Br2NO2. The van der Waals surface area contributed by atoms with Crippen LogP contribution >= 0.6 is 31.9 Å². The highest BCUT2D eigenvalue weighted by Crippen LogP contribution is 2.33. The van der Waals surface area contributed by atoms with Crippen molar-refractivity contribution in [2.45, 2.75) is 25.8 Å². The van der Waals surface area contributed by atoms with E-state index in [1.807, 2.05) is 36.4 Å². The molecule has 1 saturated carbocycles. The van der Waals surface area contributed by atoms with E-state index >= 15 is 0 Å². The summed E-state index contributed by atoms with van der Waals surface area (Å²) in [7, 11) is 0. The van der Waals surface area contributed by atoms with Crippen molar-refractivity contribution >= 4 is 61.4 Å². The quantitative estimate of drug-likeness (QED) is 0.399. The minimum atomic E-state index is 0.776. The molecule has 2 aliphatic carbocycles. The maximum absolute atomic E-state index is 11.1. The summed E-state index contributed by atoms with van der Waals surface area (Å²) in [5.41, 5.74) is 5.21. The molecule has 3 aromatic rings. The summed E-state index contributed by atoms with van der Waals surface area (Å²) in [6.07, 6.45) is 7.20. The minimum absolute atomic E-state index is 0.776. The van der Waals surface area contributed by atoms with Gasteiger partial charge < -0.3 is 4.57 Å². The summed E-state index contributed by atoms with van der Waals surface area (Å²) < 4.78 is 4.26. The van der Waals surface area contributed by atoms with E-state index in [-0.39, 0.29) is 0 Å². The Labute approximate surface area is 180 Å². The smallest absolute Gasteiger partial charge is 0.166 e. The van der Waals surface area contributed by atoms with Gasteiger partial charge in [0.2, 0.25) is 0 Å². The van der Waals surface area contributed by atoms with E-state index in [1.54, 1.807) is 0 Å². The van der Waals surface area contributed by atoms with E-state index in [0.29, 0.717) is 0 Å². The van der Waals surface area contributed by atoms with Crippen LogP contribution in [0.1, 0.15) is 34.5 Å². The summed E-state index contributed by atoms with van der Waals surface area (Å²) in [6.45, 7) is 0.985. The van der Waals surface area contributed by atoms with Crippen molar-refractivity contribution in [1.29, 1.82) is 0 Å². The number of benzene rings is 2. The van der Waals surface area contributed by atoms with Gasteiger partial charge in [-0.25, -0.2) is 0 Å². The van der Waals surface area contributed by atoms with Gasteiger partial charge in [0, 0.05) is 32.8 Å². The fourth-order valence-electron chi connectivity index (χ4n) is 3.53. The number of carbonyl (C=O) groups excluding carboxylic acids is 2. The molecule has 0 saturated heterocycles. The summed E-state index contributed by atoms with van der Waals surface area (Å²) in [4.78, 5) is 21.5. The van der Waals surface area contributed by atoms with Crippen LogP contribution in [0.4, 0.5) is 0 Å². The first kappa shape index (κ1) is 19.3. The van der Waals surface area contributed by atoms with Gasteiger partial charge in [-0.1, -0.05) is 37.9 Å². The normalized spacial score (nSPS) is 14.9. The Hall–Kier alpha value is -1.98. The van der Waals surface area contributed by atoms with Gasteiger partial charge in [-0.05, 0) is 77.9 Å². The predicted octanol–water partition coefficient (Wildman–Crippen LogP) is 6.21. The molecule has 5 rings (SSSR count). The number of aldehydes is 2. The Morgan fingerprint density at radius 1 is 0.964 bits per heavy atom. The lowest BCUT2D eigenvalue weighted by Gasteiger charge is -2.06. The lowest BCUT2D eigenvalue weighted by Crippen LogP contribution is -2.03. The lowest BCUT2D eigenvalue weighted by atomic mass is 10.1. The second kappa shape index (κ2) is 8.18. The molecule has 0 spiro atoms. The van der Waals surface area contributed by atoms with Crippen molar-refractivity contribution in [3.05, 3.63) is 73.8 Å². The molecule has 142 valence electrons. The standard InChI is InChI=1S/C13H12BrNO.C10H7BrO/c14-11-3-4-13-10(5-11)6-12(8-16)15(13)7-9-1-2-9;11-10-2-1-8-3-7(6-12)4-9(8)5-10/h3-6,8-9H,1-2,7H2;1-2,4-6H,3H2. The number of fused-ring (bicyclic) bond motifs is 2. The fraction of sp³-hybridized carbons (Fsp3) is 0.217. The van der Waals surface area contributed by atoms with Gasteiger partial charge >= 0.3 is 0 Å². The largest absolute Gasteiger partial charge is 0.338 e. The van der Waals surface area contributed by atoms with Crippen LogP contribution in [0.3, 0.4) is 0 Å². The average Bonchev–Trinajstić information content (AvgIpc) is 3.31. The van der Waals surface area contributed by atoms with Gasteiger partial charge in [-0.2, -0.15) is 0 Å². The van der Waals surface area contributed by atoms with E-state index in [9.17, 15) is 9.59 Å². The first-order chi connectivity index (χ1) is 13.6. The molecule has 0 bridgehead atoms. The predicted molar refractivity (Wildman–Crippen MR) is 120 cm³/mol. The van der Waals surface area contributed by atoms with Crippen LogP contribution in [0.2, 0.25) is 0 Å². The highest BCUT2D eigenvalue weighted by molar-refractivity contribution is 9.10. The first-order valence-corrected chi connectivity index (χ1v) is 10.8. The molecule has 0 N–H and O–H groups in total. The van der Waals surface area contributed by atoms with Crippen molar-refractivity contribution < 1.29 is 9.59 Å². The molecule has 1 fully saturated rings. The van der Waals surface area contributed by atoms with Crippen molar-refractivity contribution in [2.24, 2.45) is 5.92 Å². The number of allylic oxidation sites excluding steroid dienone is 1. The fourth-order valence-corrected chi connectivity index (χ4v) is 4.29. The number of hydrogen-bond acceptors (Lipinski definition) is 2. The first-order valence-electron chi connectivity index (χ1n) is 9.25. The third-order valence-corrected chi connectivity index (χ3v) is 6.14. The van der Waals surface area contributed by atoms with Crippen LogP contribution in [0.25, 0.3) is 17.0 Å². The summed E-state index contributed by atoms with van der Waals surface area (Å²) in [5.74, 6) is 0.776. The van der Waals surface area contributed by atoms with Crippen molar-refractivity contribution in [2.75, 3.05) is 0 Å². The zero-order valence-electron chi connectivity index (χ0n) is 15.2. The molecule has 2 aromatic carbocycles. The Balaban J connectivity index is 0.000000143. The van der Waals surface area contributed by atoms with Crippen LogP contribution in [0.15, 0.2) is 57.0 Å². The Morgan fingerprint density at radius 2 is 1.71 bits per heavy atom. The maximum atomic E-state index is 11.1. The van der Waals surface area contributed by atoms with Gasteiger partial charge in [0.05, 0.1) is 5.69 Å². The number of aromatic nitrogens is 1. The zero-order chi connectivity index (χ0) is 19.7. The molecule has 3 nitrogen and oxygen atoms in total. The van der Waals surface area contributed by atoms with Crippen LogP contribution < -0.4 is 0 Å². The third-order valence-electron chi connectivity index (χ3n) is 5.15. The highest BCUT2D eigenvalue weighted by Gasteiger charge is 2.23. The van der Waals surface area contributed by atoms with Gasteiger partial charge in [0.1, 0.15) is 6.29 Å². The third kappa shape index (κ3) is 4.20. The molecule has 0 atom stereocenters. The molecular weight excluding hydrogens is 482 g/mol.